The van der Waals surface area contributed by atoms with Crippen LogP contribution in [-0.4, -0.2) is 39.0 Å². The molecule has 0 unspecified atom stereocenters. The summed E-state index contributed by atoms with van der Waals surface area (Å²) < 4.78 is 31.3. The second-order valence-electron chi connectivity index (χ2n) is 3.37. The molecular formula is C9H12ClNO3S2. The lowest BCUT2D eigenvalue weighted by Gasteiger charge is -2.25. The van der Waals surface area contributed by atoms with Crippen LogP contribution in [0, 0.1) is 0 Å². The first-order valence-corrected chi connectivity index (χ1v) is 7.66. The van der Waals surface area contributed by atoms with E-state index in [9.17, 15) is 8.42 Å². The molecule has 90 valence electrons. The molecule has 0 N–H and O–H groups in total. The molecule has 0 radical (unpaired) electrons. The molecule has 0 atom stereocenters. The van der Waals surface area contributed by atoms with Gasteiger partial charge in [0, 0.05) is 18.0 Å². The predicted molar refractivity (Wildman–Crippen MR) is 63.5 cm³/mol. The summed E-state index contributed by atoms with van der Waals surface area (Å²) in [5.41, 5.74) is 0. The Labute approximate surface area is 104 Å². The molecule has 0 spiro atoms. The minimum atomic E-state index is -3.34. The number of thiophene rings is 1. The molecule has 2 rings (SSSR count). The molecule has 2 heterocycles. The van der Waals surface area contributed by atoms with Crippen molar-refractivity contribution in [1.82, 2.24) is 4.31 Å². The summed E-state index contributed by atoms with van der Waals surface area (Å²) in [6.07, 6.45) is 0. The van der Waals surface area contributed by atoms with Gasteiger partial charge < -0.3 is 4.74 Å². The van der Waals surface area contributed by atoms with Gasteiger partial charge in [-0.25, -0.2) is 8.42 Å². The summed E-state index contributed by atoms with van der Waals surface area (Å²) in [5, 5.41) is 0. The average molecular weight is 282 g/mol. The summed E-state index contributed by atoms with van der Waals surface area (Å²) in [6.45, 7) is 1.78. The summed E-state index contributed by atoms with van der Waals surface area (Å²) in [7, 11) is -3.34. The summed E-state index contributed by atoms with van der Waals surface area (Å²) in [4.78, 5) is 0.869. The summed E-state index contributed by atoms with van der Waals surface area (Å²) >= 11 is 6.89. The van der Waals surface area contributed by atoms with E-state index in [0.29, 0.717) is 36.4 Å². The number of morpholine rings is 1. The van der Waals surface area contributed by atoms with Gasteiger partial charge in [0.1, 0.15) is 4.21 Å². The third-order valence-corrected chi connectivity index (χ3v) is 6.23. The molecule has 0 amide bonds. The molecule has 1 aliphatic rings. The maximum atomic E-state index is 12.2. The lowest BCUT2D eigenvalue weighted by molar-refractivity contribution is 0.0731. The smallest absolute Gasteiger partial charge is 0.252 e. The van der Waals surface area contributed by atoms with E-state index < -0.39 is 10.0 Å². The minimum absolute atomic E-state index is 0.350. The number of hydrogen-bond acceptors (Lipinski definition) is 4. The molecule has 0 aromatic carbocycles. The first kappa shape index (κ1) is 12.3. The Morgan fingerprint density at radius 3 is 2.62 bits per heavy atom. The van der Waals surface area contributed by atoms with Gasteiger partial charge in [-0.2, -0.15) is 4.31 Å². The fourth-order valence-electron chi connectivity index (χ4n) is 1.48. The Morgan fingerprint density at radius 1 is 1.38 bits per heavy atom. The lowest BCUT2D eigenvalue weighted by Crippen LogP contribution is -2.40. The molecule has 1 aliphatic heterocycles. The molecule has 1 saturated heterocycles. The van der Waals surface area contributed by atoms with Gasteiger partial charge in [0.25, 0.3) is 10.0 Å². The normalized spacial score (nSPS) is 18.8. The van der Waals surface area contributed by atoms with Crippen LogP contribution in [0.2, 0.25) is 0 Å². The van der Waals surface area contributed by atoms with E-state index in [4.69, 9.17) is 16.3 Å². The number of alkyl halides is 1. The van der Waals surface area contributed by atoms with Crippen LogP contribution >= 0.6 is 22.9 Å². The summed E-state index contributed by atoms with van der Waals surface area (Å²) in [5.74, 6) is 0.350. The Balaban J connectivity index is 2.23. The van der Waals surface area contributed by atoms with Crippen molar-refractivity contribution in [1.29, 1.82) is 0 Å². The van der Waals surface area contributed by atoms with E-state index >= 15 is 0 Å². The quantitative estimate of drug-likeness (QED) is 0.789. The molecule has 0 bridgehead atoms. The SMILES string of the molecule is O=S(=O)(c1ccc(CCl)s1)N1CCOCC1. The largest absolute Gasteiger partial charge is 0.379 e. The van der Waals surface area contributed by atoms with Crippen LogP contribution in [0.1, 0.15) is 4.88 Å². The number of halogens is 1. The zero-order valence-electron chi connectivity index (χ0n) is 8.56. The maximum absolute atomic E-state index is 12.2. The standard InChI is InChI=1S/C9H12ClNO3S2/c10-7-8-1-2-9(15-8)16(12,13)11-3-5-14-6-4-11/h1-2H,3-7H2. The monoisotopic (exact) mass is 281 g/mol. The number of rotatable bonds is 3. The van der Waals surface area contributed by atoms with Crippen molar-refractivity contribution in [3.05, 3.63) is 17.0 Å². The van der Waals surface area contributed by atoms with Crippen LogP contribution in [0.5, 0.6) is 0 Å². The van der Waals surface area contributed by atoms with Crippen molar-refractivity contribution >= 4 is 33.0 Å². The van der Waals surface area contributed by atoms with Crippen molar-refractivity contribution in [3.8, 4) is 0 Å². The van der Waals surface area contributed by atoms with Crippen LogP contribution in [0.15, 0.2) is 16.3 Å². The van der Waals surface area contributed by atoms with Crippen LogP contribution in [0.25, 0.3) is 0 Å². The maximum Gasteiger partial charge on any atom is 0.252 e. The van der Waals surface area contributed by atoms with Crippen LogP contribution < -0.4 is 0 Å². The molecule has 16 heavy (non-hydrogen) atoms. The average Bonchev–Trinajstić information content (AvgIpc) is 2.79. The topological polar surface area (TPSA) is 46.6 Å². The predicted octanol–water partition coefficient (Wildman–Crippen LogP) is 1.51. The van der Waals surface area contributed by atoms with Gasteiger partial charge in [0.05, 0.1) is 19.1 Å². The second-order valence-corrected chi connectivity index (χ2v) is 6.97. The van der Waals surface area contributed by atoms with E-state index in [1.54, 1.807) is 12.1 Å². The Hall–Kier alpha value is -0.140. The molecular weight excluding hydrogens is 270 g/mol. The van der Waals surface area contributed by atoms with Gasteiger partial charge in [-0.15, -0.1) is 22.9 Å². The lowest BCUT2D eigenvalue weighted by atomic mass is 10.5. The molecule has 1 aromatic heterocycles. The molecule has 7 heteroatoms. The van der Waals surface area contributed by atoms with E-state index in [0.717, 1.165) is 4.88 Å². The molecule has 1 aromatic rings. The minimum Gasteiger partial charge on any atom is -0.379 e. The molecule has 0 saturated carbocycles. The van der Waals surface area contributed by atoms with E-state index in [2.05, 4.69) is 0 Å². The van der Waals surface area contributed by atoms with Crippen molar-refractivity contribution in [3.63, 3.8) is 0 Å². The number of sulfonamides is 1. The third-order valence-electron chi connectivity index (χ3n) is 2.33. The van der Waals surface area contributed by atoms with Gasteiger partial charge >= 0.3 is 0 Å². The Bertz CT molecular complexity index is 451. The summed E-state index contributed by atoms with van der Waals surface area (Å²) in [6, 6.07) is 3.37. The van der Waals surface area contributed by atoms with Crippen molar-refractivity contribution in [2.24, 2.45) is 0 Å². The first-order valence-electron chi connectivity index (χ1n) is 4.87. The fourth-order valence-corrected chi connectivity index (χ4v) is 4.50. The highest BCUT2D eigenvalue weighted by atomic mass is 35.5. The van der Waals surface area contributed by atoms with Crippen LogP contribution in [0.4, 0.5) is 0 Å². The highest BCUT2D eigenvalue weighted by Crippen LogP contribution is 2.26. The number of nitrogens with zero attached hydrogens (tertiary/aromatic N) is 1. The second kappa shape index (κ2) is 5.01. The van der Waals surface area contributed by atoms with E-state index in [1.807, 2.05) is 0 Å². The third kappa shape index (κ3) is 2.41. The highest BCUT2D eigenvalue weighted by Gasteiger charge is 2.27. The highest BCUT2D eigenvalue weighted by molar-refractivity contribution is 7.91. The Morgan fingerprint density at radius 2 is 2.06 bits per heavy atom. The molecule has 0 aliphatic carbocycles. The van der Waals surface area contributed by atoms with Crippen molar-refractivity contribution in [2.75, 3.05) is 26.3 Å². The Kier molecular flexibility index (Phi) is 3.86. The van der Waals surface area contributed by atoms with E-state index in [1.165, 1.54) is 15.6 Å². The van der Waals surface area contributed by atoms with Gasteiger partial charge in [-0.3, -0.25) is 0 Å². The van der Waals surface area contributed by atoms with E-state index in [-0.39, 0.29) is 0 Å². The number of ether oxygens (including phenoxy) is 1. The first-order chi connectivity index (χ1) is 7.64. The number of hydrogen-bond donors (Lipinski definition) is 0. The van der Waals surface area contributed by atoms with Crippen LogP contribution in [0.3, 0.4) is 0 Å². The fraction of sp³-hybridized carbons (Fsp3) is 0.556. The van der Waals surface area contributed by atoms with Gasteiger partial charge in [-0.05, 0) is 12.1 Å². The zero-order valence-corrected chi connectivity index (χ0v) is 10.9. The molecule has 4 nitrogen and oxygen atoms in total. The van der Waals surface area contributed by atoms with Gasteiger partial charge in [0.15, 0.2) is 0 Å². The van der Waals surface area contributed by atoms with Crippen LogP contribution in [-0.2, 0) is 20.6 Å². The van der Waals surface area contributed by atoms with Crippen molar-refractivity contribution < 1.29 is 13.2 Å². The molecule has 1 fully saturated rings. The van der Waals surface area contributed by atoms with Gasteiger partial charge in [-0.1, -0.05) is 0 Å². The van der Waals surface area contributed by atoms with Crippen molar-refractivity contribution in [2.45, 2.75) is 10.1 Å². The van der Waals surface area contributed by atoms with Gasteiger partial charge in [0.2, 0.25) is 0 Å². The zero-order chi connectivity index (χ0) is 11.6.